The van der Waals surface area contributed by atoms with E-state index in [0.717, 1.165) is 10.0 Å². The molecule has 0 aromatic heterocycles. The van der Waals surface area contributed by atoms with E-state index in [0.29, 0.717) is 29.2 Å². The van der Waals surface area contributed by atoms with E-state index in [1.807, 2.05) is 13.0 Å². The number of rotatable bonds is 6. The van der Waals surface area contributed by atoms with E-state index in [9.17, 15) is 8.42 Å². The highest BCUT2D eigenvalue weighted by molar-refractivity contribution is 9.10. The monoisotopic (exact) mass is 361 g/mol. The van der Waals surface area contributed by atoms with Gasteiger partial charge in [0.25, 0.3) is 0 Å². The van der Waals surface area contributed by atoms with Crippen LogP contribution in [0.4, 0.5) is 0 Å². The molecule has 0 radical (unpaired) electrons. The first-order valence-corrected chi connectivity index (χ1v) is 9.18. The summed E-state index contributed by atoms with van der Waals surface area (Å²) in [6.07, 6.45) is 0. The predicted molar refractivity (Wildman–Crippen MR) is 87.2 cm³/mol. The second kappa shape index (κ2) is 7.05. The Morgan fingerprint density at radius 2 is 1.70 bits per heavy atom. The van der Waals surface area contributed by atoms with Crippen molar-refractivity contribution < 1.29 is 8.42 Å². The molecule has 0 heterocycles. The molecule has 0 atom stereocenters. The van der Waals surface area contributed by atoms with E-state index in [1.54, 1.807) is 12.1 Å². The van der Waals surface area contributed by atoms with Crippen molar-refractivity contribution in [3.05, 3.63) is 28.2 Å². The van der Waals surface area contributed by atoms with Crippen LogP contribution in [0.2, 0.25) is 0 Å². The van der Waals surface area contributed by atoms with Gasteiger partial charge in [0.15, 0.2) is 0 Å². The third-order valence-corrected chi connectivity index (χ3v) is 5.72. The molecule has 1 N–H and O–H groups in total. The maximum Gasteiger partial charge on any atom is 0.240 e. The Bertz CT molecular complexity index is 545. The normalized spacial score (nSPS) is 12.7. The molecule has 0 bridgehead atoms. The number of benzene rings is 1. The summed E-state index contributed by atoms with van der Waals surface area (Å²) in [6, 6.07) is 5.30. The number of aryl methyl sites for hydroxylation is 1. The lowest BCUT2D eigenvalue weighted by atomic mass is 9.86. The molecule has 114 valence electrons. The average Bonchev–Trinajstić information content (AvgIpc) is 2.31. The minimum Gasteiger partial charge on any atom is -0.211 e. The second-order valence-electron chi connectivity index (χ2n) is 5.91. The first-order valence-electron chi connectivity index (χ1n) is 6.91. The smallest absolute Gasteiger partial charge is 0.211 e. The topological polar surface area (TPSA) is 46.2 Å². The molecule has 0 aliphatic carbocycles. The van der Waals surface area contributed by atoms with E-state index >= 15 is 0 Å². The van der Waals surface area contributed by atoms with E-state index < -0.39 is 10.0 Å². The van der Waals surface area contributed by atoms with Crippen LogP contribution < -0.4 is 4.72 Å². The van der Waals surface area contributed by atoms with Crippen molar-refractivity contribution in [2.45, 2.75) is 39.5 Å². The van der Waals surface area contributed by atoms with Crippen LogP contribution in [0.1, 0.15) is 33.3 Å². The number of halogens is 1. The lowest BCUT2D eigenvalue weighted by Gasteiger charge is -2.25. The standard InChI is InChI=1S/C15H24BrNO2S/c1-10(2)14(11(3)4)9-17-20(18,19)15-8-13(16)7-6-12(15)5/h6-8,10-11,14,17H,9H2,1-5H3. The minimum absolute atomic E-state index is 0.331. The zero-order valence-corrected chi connectivity index (χ0v) is 15.2. The maximum absolute atomic E-state index is 12.4. The zero-order valence-electron chi connectivity index (χ0n) is 12.8. The van der Waals surface area contributed by atoms with Crippen LogP contribution in [0.25, 0.3) is 0 Å². The van der Waals surface area contributed by atoms with E-state index in [2.05, 4.69) is 48.3 Å². The van der Waals surface area contributed by atoms with Gasteiger partial charge in [-0.05, 0) is 42.4 Å². The molecule has 0 fully saturated rings. The molecule has 0 aliphatic rings. The summed E-state index contributed by atoms with van der Waals surface area (Å²) in [5, 5.41) is 0. The summed E-state index contributed by atoms with van der Waals surface area (Å²) in [5.41, 5.74) is 0.756. The van der Waals surface area contributed by atoms with Gasteiger partial charge in [-0.3, -0.25) is 0 Å². The number of sulfonamides is 1. The maximum atomic E-state index is 12.4. The Balaban J connectivity index is 2.93. The number of hydrogen-bond donors (Lipinski definition) is 1. The first kappa shape index (κ1) is 17.7. The minimum atomic E-state index is -3.46. The predicted octanol–water partition coefficient (Wildman–Crippen LogP) is 3.96. The fraction of sp³-hybridized carbons (Fsp3) is 0.600. The molecule has 0 aliphatic heterocycles. The van der Waals surface area contributed by atoms with E-state index in [1.165, 1.54) is 0 Å². The van der Waals surface area contributed by atoms with Crippen LogP contribution in [0.15, 0.2) is 27.6 Å². The molecule has 0 amide bonds. The van der Waals surface area contributed by atoms with Crippen LogP contribution in [-0.4, -0.2) is 15.0 Å². The van der Waals surface area contributed by atoms with Crippen molar-refractivity contribution in [2.24, 2.45) is 17.8 Å². The van der Waals surface area contributed by atoms with E-state index in [-0.39, 0.29) is 0 Å². The van der Waals surface area contributed by atoms with Gasteiger partial charge in [-0.2, -0.15) is 0 Å². The van der Waals surface area contributed by atoms with Gasteiger partial charge in [-0.25, -0.2) is 13.1 Å². The van der Waals surface area contributed by atoms with Gasteiger partial charge in [0, 0.05) is 11.0 Å². The third-order valence-electron chi connectivity index (χ3n) is 3.66. The summed E-state index contributed by atoms with van der Waals surface area (Å²) in [4.78, 5) is 0.345. The van der Waals surface area contributed by atoms with Gasteiger partial charge in [-0.15, -0.1) is 0 Å². The Kier molecular flexibility index (Phi) is 6.23. The van der Waals surface area contributed by atoms with Gasteiger partial charge in [-0.1, -0.05) is 49.7 Å². The summed E-state index contributed by atoms with van der Waals surface area (Å²) < 4.78 is 28.4. The molecular weight excluding hydrogens is 338 g/mol. The Hall–Kier alpha value is -0.390. The SMILES string of the molecule is Cc1ccc(Br)cc1S(=O)(=O)NCC(C(C)C)C(C)C. The van der Waals surface area contributed by atoms with Gasteiger partial charge in [0.05, 0.1) is 4.90 Å². The molecule has 0 unspecified atom stereocenters. The highest BCUT2D eigenvalue weighted by atomic mass is 79.9. The average molecular weight is 362 g/mol. The van der Waals surface area contributed by atoms with Crippen molar-refractivity contribution in [3.63, 3.8) is 0 Å². The Morgan fingerprint density at radius 1 is 1.15 bits per heavy atom. The third kappa shape index (κ3) is 4.57. The van der Waals surface area contributed by atoms with Crippen molar-refractivity contribution in [2.75, 3.05) is 6.54 Å². The number of nitrogens with one attached hydrogen (secondary N) is 1. The lowest BCUT2D eigenvalue weighted by molar-refractivity contribution is 0.289. The summed E-state index contributed by atoms with van der Waals surface area (Å²) in [7, 11) is -3.46. The van der Waals surface area contributed by atoms with Crippen LogP contribution >= 0.6 is 15.9 Å². The van der Waals surface area contributed by atoms with Crippen LogP contribution in [0, 0.1) is 24.7 Å². The van der Waals surface area contributed by atoms with Gasteiger partial charge >= 0.3 is 0 Å². The molecule has 0 saturated heterocycles. The second-order valence-corrected chi connectivity index (χ2v) is 8.56. The van der Waals surface area contributed by atoms with Gasteiger partial charge < -0.3 is 0 Å². The van der Waals surface area contributed by atoms with Crippen LogP contribution in [0.5, 0.6) is 0 Å². The first-order chi connectivity index (χ1) is 9.15. The summed E-state index contributed by atoms with van der Waals surface area (Å²) >= 11 is 3.32. The Morgan fingerprint density at radius 3 is 2.20 bits per heavy atom. The van der Waals surface area contributed by atoms with Crippen molar-refractivity contribution in [1.82, 2.24) is 4.72 Å². The molecule has 1 rings (SSSR count). The molecule has 1 aromatic carbocycles. The Labute approximate surface area is 131 Å². The van der Waals surface area contributed by atoms with Crippen LogP contribution in [0.3, 0.4) is 0 Å². The van der Waals surface area contributed by atoms with Crippen molar-refractivity contribution in [1.29, 1.82) is 0 Å². The molecule has 0 spiro atoms. The van der Waals surface area contributed by atoms with Gasteiger partial charge in [0.1, 0.15) is 0 Å². The largest absolute Gasteiger partial charge is 0.240 e. The molecule has 20 heavy (non-hydrogen) atoms. The van der Waals surface area contributed by atoms with E-state index in [4.69, 9.17) is 0 Å². The fourth-order valence-electron chi connectivity index (χ4n) is 2.39. The molecule has 1 aromatic rings. The highest BCUT2D eigenvalue weighted by Crippen LogP contribution is 2.23. The van der Waals surface area contributed by atoms with Crippen molar-refractivity contribution >= 4 is 26.0 Å². The molecule has 3 nitrogen and oxygen atoms in total. The summed E-state index contributed by atoms with van der Waals surface area (Å²) in [5.74, 6) is 1.22. The van der Waals surface area contributed by atoms with Crippen molar-refractivity contribution in [3.8, 4) is 0 Å². The molecule has 0 saturated carbocycles. The fourth-order valence-corrected chi connectivity index (χ4v) is 4.24. The lowest BCUT2D eigenvalue weighted by Crippen LogP contribution is -2.34. The number of hydrogen-bond acceptors (Lipinski definition) is 2. The van der Waals surface area contributed by atoms with Gasteiger partial charge in [0.2, 0.25) is 10.0 Å². The summed E-state index contributed by atoms with van der Waals surface area (Å²) in [6.45, 7) is 10.8. The molecular formula is C15H24BrNO2S. The molecule has 5 heteroatoms. The van der Waals surface area contributed by atoms with Crippen LogP contribution in [-0.2, 0) is 10.0 Å². The zero-order chi connectivity index (χ0) is 15.5. The quantitative estimate of drug-likeness (QED) is 0.833. The highest BCUT2D eigenvalue weighted by Gasteiger charge is 2.22.